The number of nitrogens with zero attached hydrogens (tertiary/aromatic N) is 2. The monoisotopic (exact) mass is 610 g/mol. The lowest BCUT2D eigenvalue weighted by Gasteiger charge is -2.24. The summed E-state index contributed by atoms with van der Waals surface area (Å²) in [7, 11) is 0. The average molecular weight is 613 g/mol. The highest BCUT2D eigenvalue weighted by molar-refractivity contribution is 9.11. The Labute approximate surface area is 214 Å². The molecule has 2 heterocycles. The molecule has 0 fully saturated rings. The van der Waals surface area contributed by atoms with Crippen molar-refractivity contribution in [3.8, 4) is 5.75 Å². The van der Waals surface area contributed by atoms with Crippen LogP contribution in [0.25, 0.3) is 6.08 Å². The van der Waals surface area contributed by atoms with Gasteiger partial charge in [-0.25, -0.2) is 9.79 Å². The van der Waals surface area contributed by atoms with E-state index in [4.69, 9.17) is 16.3 Å². The highest BCUT2D eigenvalue weighted by atomic mass is 79.9. The lowest BCUT2D eigenvalue weighted by molar-refractivity contribution is -0.139. The number of thiazole rings is 1. The molecule has 1 aliphatic heterocycles. The number of rotatable bonds is 4. The summed E-state index contributed by atoms with van der Waals surface area (Å²) >= 11 is 13.9. The molecule has 0 unspecified atom stereocenters. The molecule has 1 atom stereocenters. The van der Waals surface area contributed by atoms with Crippen molar-refractivity contribution in [1.82, 2.24) is 4.57 Å². The van der Waals surface area contributed by atoms with E-state index >= 15 is 0 Å². The zero-order valence-corrected chi connectivity index (χ0v) is 22.2. The number of hydrogen-bond acceptors (Lipinski definition) is 6. The van der Waals surface area contributed by atoms with Crippen molar-refractivity contribution < 1.29 is 14.6 Å². The highest BCUT2D eigenvalue weighted by Crippen LogP contribution is 2.34. The standard InChI is InChI=1S/C23H17Br2ClN2O4S/c1-3-32-22(31)18-11(2)27-23-28(19(18)13-4-6-14(26)7-5-13)21(30)17(33-23)10-12-8-15(24)20(29)16(25)9-12/h4-10,19,29H,3H2,1-2H3/b17-10+/t19-/m1/s1. The van der Waals surface area contributed by atoms with Gasteiger partial charge in [-0.1, -0.05) is 35.1 Å². The molecule has 4 rings (SSSR count). The molecule has 0 radical (unpaired) electrons. The molecule has 0 spiro atoms. The molecule has 1 aliphatic rings. The normalized spacial score (nSPS) is 15.9. The number of halogens is 3. The third kappa shape index (κ3) is 4.59. The number of fused-ring (bicyclic) bond motifs is 1. The maximum absolute atomic E-state index is 13.5. The molecule has 170 valence electrons. The molecule has 0 saturated heterocycles. The molecule has 0 bridgehead atoms. The van der Waals surface area contributed by atoms with Crippen LogP contribution in [0, 0.1) is 0 Å². The van der Waals surface area contributed by atoms with E-state index in [0.29, 0.717) is 40.1 Å². The maximum Gasteiger partial charge on any atom is 0.338 e. The number of hydrogen-bond donors (Lipinski definition) is 1. The first-order valence-electron chi connectivity index (χ1n) is 9.84. The van der Waals surface area contributed by atoms with Gasteiger partial charge in [-0.15, -0.1) is 0 Å². The Balaban J connectivity index is 1.96. The van der Waals surface area contributed by atoms with Gasteiger partial charge in [0.05, 0.1) is 37.4 Å². The van der Waals surface area contributed by atoms with Crippen LogP contribution in [0.1, 0.15) is 31.0 Å². The predicted octanol–water partition coefficient (Wildman–Crippen LogP) is 4.68. The van der Waals surface area contributed by atoms with Crippen molar-refractivity contribution >= 4 is 66.8 Å². The second kappa shape index (κ2) is 9.58. The van der Waals surface area contributed by atoms with E-state index < -0.39 is 12.0 Å². The van der Waals surface area contributed by atoms with Crippen LogP contribution in [0.15, 0.2) is 66.4 Å². The number of aromatic nitrogens is 1. The summed E-state index contributed by atoms with van der Waals surface area (Å²) in [5, 5.41) is 10.5. The zero-order valence-electron chi connectivity index (χ0n) is 17.4. The summed E-state index contributed by atoms with van der Waals surface area (Å²) in [4.78, 5) is 31.4. The zero-order chi connectivity index (χ0) is 23.9. The van der Waals surface area contributed by atoms with Crippen molar-refractivity contribution in [2.24, 2.45) is 4.99 Å². The van der Waals surface area contributed by atoms with Crippen LogP contribution in [0.4, 0.5) is 0 Å². The Kier molecular flexibility index (Phi) is 6.95. The fourth-order valence-electron chi connectivity index (χ4n) is 3.57. The first-order chi connectivity index (χ1) is 15.7. The topological polar surface area (TPSA) is 80.9 Å². The smallest absolute Gasteiger partial charge is 0.338 e. The summed E-state index contributed by atoms with van der Waals surface area (Å²) in [6.45, 7) is 3.67. The molecule has 1 aromatic heterocycles. The predicted molar refractivity (Wildman–Crippen MR) is 135 cm³/mol. The van der Waals surface area contributed by atoms with Crippen molar-refractivity contribution in [3.05, 3.63) is 92.5 Å². The van der Waals surface area contributed by atoms with E-state index in [2.05, 4.69) is 36.9 Å². The fourth-order valence-corrected chi connectivity index (χ4v) is 5.97. The van der Waals surface area contributed by atoms with E-state index in [1.165, 1.54) is 15.9 Å². The first kappa shape index (κ1) is 23.9. The largest absolute Gasteiger partial charge is 0.506 e. The summed E-state index contributed by atoms with van der Waals surface area (Å²) in [6.07, 6.45) is 1.72. The van der Waals surface area contributed by atoms with Crippen molar-refractivity contribution in [1.29, 1.82) is 0 Å². The van der Waals surface area contributed by atoms with Crippen LogP contribution < -0.4 is 14.9 Å². The van der Waals surface area contributed by atoms with Gasteiger partial charge < -0.3 is 9.84 Å². The van der Waals surface area contributed by atoms with Crippen LogP contribution in [0.5, 0.6) is 5.75 Å². The summed E-state index contributed by atoms with van der Waals surface area (Å²) in [5.41, 5.74) is 1.96. The summed E-state index contributed by atoms with van der Waals surface area (Å²) in [5.74, 6) is -0.439. The molecule has 1 N–H and O–H groups in total. The minimum atomic E-state index is -0.696. The first-order valence-corrected chi connectivity index (χ1v) is 12.6. The molecule has 10 heteroatoms. The van der Waals surface area contributed by atoms with Crippen molar-refractivity contribution in [2.75, 3.05) is 6.61 Å². The number of ether oxygens (including phenoxy) is 1. The molecular formula is C23H17Br2ClN2O4S. The number of carbonyl (C=O) groups excluding carboxylic acids is 1. The molecule has 0 saturated carbocycles. The van der Waals surface area contributed by atoms with Crippen molar-refractivity contribution in [2.45, 2.75) is 19.9 Å². The number of carbonyl (C=O) groups is 1. The van der Waals surface area contributed by atoms with Gasteiger partial charge in [-0.3, -0.25) is 9.36 Å². The van der Waals surface area contributed by atoms with Gasteiger partial charge in [0.2, 0.25) is 0 Å². The summed E-state index contributed by atoms with van der Waals surface area (Å²) < 4.78 is 8.23. The molecular weight excluding hydrogens is 596 g/mol. The number of phenols is 1. The van der Waals surface area contributed by atoms with Gasteiger partial charge in [0.1, 0.15) is 5.75 Å². The highest BCUT2D eigenvalue weighted by Gasteiger charge is 2.33. The SMILES string of the molecule is CCOC(=O)C1=C(C)N=c2s/c(=C/c3cc(Br)c(O)c(Br)c3)c(=O)n2[C@@H]1c1ccc(Cl)cc1. The van der Waals surface area contributed by atoms with E-state index in [0.717, 1.165) is 5.56 Å². The lowest BCUT2D eigenvalue weighted by atomic mass is 9.96. The van der Waals surface area contributed by atoms with Crippen LogP contribution in [-0.2, 0) is 9.53 Å². The molecule has 3 aromatic rings. The quantitative estimate of drug-likeness (QED) is 0.434. The second-order valence-corrected chi connectivity index (χ2v) is 10.3. The van der Waals surface area contributed by atoms with Gasteiger partial charge in [0.15, 0.2) is 4.80 Å². The van der Waals surface area contributed by atoms with Crippen molar-refractivity contribution in [3.63, 3.8) is 0 Å². The number of allylic oxidation sites excluding steroid dienone is 1. The van der Waals surface area contributed by atoms with Crippen LogP contribution >= 0.6 is 54.8 Å². The minimum Gasteiger partial charge on any atom is -0.506 e. The average Bonchev–Trinajstić information content (AvgIpc) is 3.06. The third-order valence-electron chi connectivity index (χ3n) is 5.04. The Hall–Kier alpha value is -2.20. The van der Waals surface area contributed by atoms with E-state index in [9.17, 15) is 14.7 Å². The van der Waals surface area contributed by atoms with Crippen LogP contribution in [-0.4, -0.2) is 22.2 Å². The van der Waals surface area contributed by atoms with Gasteiger partial charge in [0, 0.05) is 5.02 Å². The summed E-state index contributed by atoms with van der Waals surface area (Å²) in [6, 6.07) is 9.74. The van der Waals surface area contributed by atoms with Gasteiger partial charge in [-0.2, -0.15) is 0 Å². The maximum atomic E-state index is 13.5. The van der Waals surface area contributed by atoms with Gasteiger partial charge >= 0.3 is 5.97 Å². The third-order valence-corrected chi connectivity index (χ3v) is 7.48. The lowest BCUT2D eigenvalue weighted by Crippen LogP contribution is -2.39. The van der Waals surface area contributed by atoms with E-state index in [1.807, 2.05) is 0 Å². The van der Waals surface area contributed by atoms with Crippen LogP contribution in [0.3, 0.4) is 0 Å². The molecule has 0 amide bonds. The molecule has 0 aliphatic carbocycles. The Morgan fingerprint density at radius 2 is 1.91 bits per heavy atom. The molecule has 33 heavy (non-hydrogen) atoms. The number of esters is 1. The van der Waals surface area contributed by atoms with Gasteiger partial charge in [0.25, 0.3) is 5.56 Å². The molecule has 2 aromatic carbocycles. The second-order valence-electron chi connectivity index (χ2n) is 7.19. The fraction of sp³-hybridized carbons (Fsp3) is 0.174. The molecule has 6 nitrogen and oxygen atoms in total. The van der Waals surface area contributed by atoms with Crippen LogP contribution in [0.2, 0.25) is 5.02 Å². The number of phenolic OH excluding ortho intramolecular Hbond substituents is 1. The van der Waals surface area contributed by atoms with E-state index in [-0.39, 0.29) is 17.9 Å². The minimum absolute atomic E-state index is 0.0750. The number of aromatic hydroxyl groups is 1. The Morgan fingerprint density at radius 1 is 1.27 bits per heavy atom. The Morgan fingerprint density at radius 3 is 2.52 bits per heavy atom. The Bertz CT molecular complexity index is 1450. The van der Waals surface area contributed by atoms with Gasteiger partial charge in [-0.05, 0) is 87.2 Å². The number of benzene rings is 2. The van der Waals surface area contributed by atoms with E-state index in [1.54, 1.807) is 56.3 Å².